The van der Waals surface area contributed by atoms with Crippen molar-refractivity contribution in [2.24, 2.45) is 0 Å². The van der Waals surface area contributed by atoms with Crippen molar-refractivity contribution in [3.05, 3.63) is 34.3 Å². The number of hydrogen-bond donors (Lipinski definition) is 1. The van der Waals surface area contributed by atoms with Crippen molar-refractivity contribution in [2.75, 3.05) is 6.61 Å². The molecule has 0 amide bonds. The summed E-state index contributed by atoms with van der Waals surface area (Å²) in [4.78, 5) is 21.7. The number of aromatic amines is 1. The van der Waals surface area contributed by atoms with Crippen molar-refractivity contribution < 1.29 is 9.53 Å². The second-order valence-corrected chi connectivity index (χ2v) is 2.46. The summed E-state index contributed by atoms with van der Waals surface area (Å²) in [6.07, 6.45) is 4.16. The van der Waals surface area contributed by atoms with Gasteiger partial charge >= 0.3 is 5.97 Å². The van der Waals surface area contributed by atoms with E-state index in [1.807, 2.05) is 0 Å². The third-order valence-electron chi connectivity index (χ3n) is 1.38. The van der Waals surface area contributed by atoms with Crippen molar-refractivity contribution in [1.29, 1.82) is 0 Å². The SMILES string of the molecule is CCOC(=O)/C=C/c1cn[nH]c(=O)c1. The zero-order valence-electron chi connectivity index (χ0n) is 7.69. The van der Waals surface area contributed by atoms with Gasteiger partial charge in [0.1, 0.15) is 0 Å². The maximum absolute atomic E-state index is 10.9. The molecular formula is C9H10N2O3. The van der Waals surface area contributed by atoms with Crippen LogP contribution in [0.15, 0.2) is 23.1 Å². The maximum atomic E-state index is 10.9. The molecule has 1 aromatic heterocycles. The lowest BCUT2D eigenvalue weighted by Gasteiger charge is -1.94. The second-order valence-electron chi connectivity index (χ2n) is 2.46. The number of carbonyl (C=O) groups excluding carboxylic acids is 1. The van der Waals surface area contributed by atoms with Crippen LogP contribution in [0.3, 0.4) is 0 Å². The van der Waals surface area contributed by atoms with Crippen LogP contribution in [0.25, 0.3) is 6.08 Å². The van der Waals surface area contributed by atoms with Crippen molar-refractivity contribution in [3.63, 3.8) is 0 Å². The Hall–Kier alpha value is -1.91. The van der Waals surface area contributed by atoms with E-state index in [2.05, 4.69) is 14.9 Å². The zero-order chi connectivity index (χ0) is 10.4. The van der Waals surface area contributed by atoms with Crippen LogP contribution in [-0.2, 0) is 9.53 Å². The quantitative estimate of drug-likeness (QED) is 0.556. The van der Waals surface area contributed by atoms with Gasteiger partial charge in [-0.2, -0.15) is 5.10 Å². The standard InChI is InChI=1S/C9H10N2O3/c1-2-14-9(13)4-3-7-5-8(12)11-10-6-7/h3-6H,2H2,1H3,(H,11,12)/b4-3+. The van der Waals surface area contributed by atoms with Crippen LogP contribution in [0.1, 0.15) is 12.5 Å². The van der Waals surface area contributed by atoms with Crippen LogP contribution >= 0.6 is 0 Å². The van der Waals surface area contributed by atoms with E-state index in [0.29, 0.717) is 12.2 Å². The van der Waals surface area contributed by atoms with E-state index < -0.39 is 5.97 Å². The van der Waals surface area contributed by atoms with Crippen LogP contribution < -0.4 is 5.56 Å². The smallest absolute Gasteiger partial charge is 0.330 e. The Labute approximate surface area is 80.4 Å². The molecule has 0 saturated carbocycles. The Balaban J connectivity index is 2.69. The first-order chi connectivity index (χ1) is 6.72. The van der Waals surface area contributed by atoms with E-state index in [9.17, 15) is 9.59 Å². The average molecular weight is 194 g/mol. The Morgan fingerprint density at radius 3 is 3.14 bits per heavy atom. The van der Waals surface area contributed by atoms with Crippen LogP contribution in [0.4, 0.5) is 0 Å². The van der Waals surface area contributed by atoms with Gasteiger partial charge in [-0.15, -0.1) is 0 Å². The topological polar surface area (TPSA) is 72.0 Å². The lowest BCUT2D eigenvalue weighted by atomic mass is 10.3. The monoisotopic (exact) mass is 194 g/mol. The summed E-state index contributed by atoms with van der Waals surface area (Å²) in [5, 5.41) is 5.80. The minimum absolute atomic E-state index is 0.309. The molecule has 0 aliphatic heterocycles. The largest absolute Gasteiger partial charge is 0.463 e. The van der Waals surface area contributed by atoms with Crippen molar-refractivity contribution in [1.82, 2.24) is 10.2 Å². The van der Waals surface area contributed by atoms with Crippen molar-refractivity contribution in [3.8, 4) is 0 Å². The van der Waals surface area contributed by atoms with Crippen LogP contribution in [0.5, 0.6) is 0 Å². The molecule has 0 fully saturated rings. The molecule has 0 aliphatic rings. The molecule has 0 radical (unpaired) electrons. The normalized spacial score (nSPS) is 10.4. The molecule has 1 heterocycles. The predicted octanol–water partition coefficient (Wildman–Crippen LogP) is 0.346. The van der Waals surface area contributed by atoms with Crippen molar-refractivity contribution >= 4 is 12.0 Å². The first-order valence-corrected chi connectivity index (χ1v) is 4.12. The fourth-order valence-corrected chi connectivity index (χ4v) is 0.837. The number of esters is 1. The number of nitrogens with one attached hydrogen (secondary N) is 1. The van der Waals surface area contributed by atoms with Gasteiger partial charge in [0, 0.05) is 17.7 Å². The summed E-state index contributed by atoms with van der Waals surface area (Å²) in [6.45, 7) is 2.05. The molecule has 5 nitrogen and oxygen atoms in total. The molecule has 14 heavy (non-hydrogen) atoms. The number of nitrogens with zero attached hydrogens (tertiary/aromatic N) is 1. The van der Waals surface area contributed by atoms with Gasteiger partial charge in [0.15, 0.2) is 0 Å². The molecule has 1 aromatic rings. The van der Waals surface area contributed by atoms with E-state index in [0.717, 1.165) is 0 Å². The van der Waals surface area contributed by atoms with Crippen LogP contribution in [0, 0.1) is 0 Å². The van der Waals surface area contributed by atoms with E-state index in [4.69, 9.17) is 0 Å². The number of H-pyrrole nitrogens is 1. The number of hydrogen-bond acceptors (Lipinski definition) is 4. The van der Waals surface area contributed by atoms with E-state index >= 15 is 0 Å². The summed E-state index contributed by atoms with van der Waals surface area (Å²) in [5.74, 6) is -0.437. The lowest BCUT2D eigenvalue weighted by molar-refractivity contribution is -0.137. The molecule has 0 spiro atoms. The van der Waals surface area contributed by atoms with E-state index in [-0.39, 0.29) is 5.56 Å². The highest BCUT2D eigenvalue weighted by Gasteiger charge is 1.94. The molecule has 0 aliphatic carbocycles. The second kappa shape index (κ2) is 4.96. The van der Waals surface area contributed by atoms with E-state index in [1.165, 1.54) is 24.4 Å². The lowest BCUT2D eigenvalue weighted by Crippen LogP contribution is -2.05. The van der Waals surface area contributed by atoms with Gasteiger partial charge in [0.25, 0.3) is 5.56 Å². The van der Waals surface area contributed by atoms with Crippen LogP contribution in [-0.4, -0.2) is 22.8 Å². The molecule has 5 heteroatoms. The van der Waals surface area contributed by atoms with E-state index in [1.54, 1.807) is 6.92 Å². The highest BCUT2D eigenvalue weighted by molar-refractivity contribution is 5.86. The zero-order valence-corrected chi connectivity index (χ0v) is 7.69. The molecule has 1 rings (SSSR count). The molecule has 1 N–H and O–H groups in total. The molecule has 0 saturated heterocycles. The number of carbonyl (C=O) groups is 1. The highest BCUT2D eigenvalue weighted by atomic mass is 16.5. The Kier molecular flexibility index (Phi) is 3.60. The summed E-state index contributed by atoms with van der Waals surface area (Å²) >= 11 is 0. The molecule has 0 atom stereocenters. The van der Waals surface area contributed by atoms with Gasteiger partial charge in [0.05, 0.1) is 12.8 Å². The summed E-state index contributed by atoms with van der Waals surface area (Å²) in [6, 6.07) is 1.34. The van der Waals surface area contributed by atoms with Gasteiger partial charge in [-0.25, -0.2) is 9.89 Å². The molecule has 0 bridgehead atoms. The predicted molar refractivity (Wildman–Crippen MR) is 50.5 cm³/mol. The fourth-order valence-electron chi connectivity index (χ4n) is 0.837. The van der Waals surface area contributed by atoms with Gasteiger partial charge in [-0.05, 0) is 13.0 Å². The van der Waals surface area contributed by atoms with Gasteiger partial charge in [-0.3, -0.25) is 4.79 Å². The minimum Gasteiger partial charge on any atom is -0.463 e. The minimum atomic E-state index is -0.437. The third-order valence-corrected chi connectivity index (χ3v) is 1.38. The molecule has 74 valence electrons. The Bertz CT molecular complexity index is 395. The molecule has 0 unspecified atom stereocenters. The third kappa shape index (κ3) is 3.22. The number of ether oxygens (including phenoxy) is 1. The van der Waals surface area contributed by atoms with Gasteiger partial charge in [0.2, 0.25) is 0 Å². The average Bonchev–Trinajstić information content (AvgIpc) is 2.15. The number of aromatic nitrogens is 2. The first kappa shape index (κ1) is 10.2. The summed E-state index contributed by atoms with van der Waals surface area (Å²) in [7, 11) is 0. The summed E-state index contributed by atoms with van der Waals surface area (Å²) in [5.41, 5.74) is 0.248. The van der Waals surface area contributed by atoms with Gasteiger partial charge in [-0.1, -0.05) is 0 Å². The molecular weight excluding hydrogens is 184 g/mol. The maximum Gasteiger partial charge on any atom is 0.330 e. The molecule has 0 aromatic carbocycles. The Morgan fingerprint density at radius 1 is 1.71 bits per heavy atom. The van der Waals surface area contributed by atoms with Gasteiger partial charge < -0.3 is 4.74 Å². The highest BCUT2D eigenvalue weighted by Crippen LogP contribution is 1.95. The first-order valence-electron chi connectivity index (χ1n) is 4.12. The summed E-state index contributed by atoms with van der Waals surface area (Å²) < 4.78 is 4.66. The van der Waals surface area contributed by atoms with Crippen molar-refractivity contribution in [2.45, 2.75) is 6.92 Å². The van der Waals surface area contributed by atoms with Crippen LogP contribution in [0.2, 0.25) is 0 Å². The number of rotatable bonds is 3. The fraction of sp³-hybridized carbons (Fsp3) is 0.222. The Morgan fingerprint density at radius 2 is 2.50 bits per heavy atom.